The standard InChI is InChI=1S/C17H25F3N4O/c1-15(2)10-24(16(15,3)4)14(21-5)23-9-12-7-6-8-22-13(12)25-11-17(18,19)20/h6-8H,9-11H2,1-5H3,(H,21,23). The monoisotopic (exact) mass is 358 g/mol. The number of aliphatic imine (C=N–C) groups is 1. The van der Waals surface area contributed by atoms with Crippen LogP contribution in [-0.4, -0.2) is 47.8 Å². The topological polar surface area (TPSA) is 49.8 Å². The van der Waals surface area contributed by atoms with Gasteiger partial charge in [0, 0.05) is 42.9 Å². The Hall–Kier alpha value is -1.99. The minimum Gasteiger partial charge on any atom is -0.468 e. The number of aromatic nitrogens is 1. The van der Waals surface area contributed by atoms with Crippen LogP contribution in [-0.2, 0) is 6.54 Å². The van der Waals surface area contributed by atoms with E-state index in [2.05, 4.69) is 47.9 Å². The summed E-state index contributed by atoms with van der Waals surface area (Å²) in [4.78, 5) is 10.3. The van der Waals surface area contributed by atoms with Crippen molar-refractivity contribution in [2.45, 2.75) is 46.0 Å². The third kappa shape index (κ3) is 4.16. The zero-order valence-corrected chi connectivity index (χ0v) is 15.2. The molecule has 0 saturated carbocycles. The van der Waals surface area contributed by atoms with Crippen LogP contribution in [0.4, 0.5) is 13.2 Å². The molecule has 8 heteroatoms. The summed E-state index contributed by atoms with van der Waals surface area (Å²) >= 11 is 0. The molecule has 1 saturated heterocycles. The molecule has 1 N–H and O–H groups in total. The van der Waals surface area contributed by atoms with E-state index in [9.17, 15) is 13.2 Å². The Bertz CT molecular complexity index is 641. The van der Waals surface area contributed by atoms with Gasteiger partial charge in [0.1, 0.15) is 0 Å². The first-order chi connectivity index (χ1) is 11.5. The van der Waals surface area contributed by atoms with Gasteiger partial charge in [-0.15, -0.1) is 0 Å². The highest BCUT2D eigenvalue weighted by Gasteiger charge is 2.53. The molecule has 1 aliphatic rings. The Morgan fingerprint density at radius 1 is 1.36 bits per heavy atom. The lowest BCUT2D eigenvalue weighted by molar-refractivity contribution is -0.154. The van der Waals surface area contributed by atoms with E-state index in [1.807, 2.05) is 0 Å². The van der Waals surface area contributed by atoms with Crippen molar-refractivity contribution in [2.24, 2.45) is 10.4 Å². The van der Waals surface area contributed by atoms with Crippen molar-refractivity contribution in [1.29, 1.82) is 0 Å². The van der Waals surface area contributed by atoms with Gasteiger partial charge in [0.15, 0.2) is 12.6 Å². The van der Waals surface area contributed by atoms with Crippen molar-refractivity contribution < 1.29 is 17.9 Å². The highest BCUT2D eigenvalue weighted by Crippen LogP contribution is 2.46. The maximum absolute atomic E-state index is 12.4. The number of ether oxygens (including phenoxy) is 1. The fraction of sp³-hybridized carbons (Fsp3) is 0.647. The fourth-order valence-corrected chi connectivity index (χ4v) is 2.71. The number of halogens is 3. The van der Waals surface area contributed by atoms with Crippen LogP contribution in [0.15, 0.2) is 23.3 Å². The molecular formula is C17H25F3N4O. The summed E-state index contributed by atoms with van der Waals surface area (Å²) in [5.41, 5.74) is 0.629. The fourth-order valence-electron chi connectivity index (χ4n) is 2.71. The largest absolute Gasteiger partial charge is 0.468 e. The summed E-state index contributed by atoms with van der Waals surface area (Å²) in [6.07, 6.45) is -2.99. The molecule has 0 bridgehead atoms. The van der Waals surface area contributed by atoms with E-state index in [4.69, 9.17) is 4.74 Å². The Labute approximate surface area is 146 Å². The number of hydrogen-bond donors (Lipinski definition) is 1. The van der Waals surface area contributed by atoms with E-state index < -0.39 is 12.8 Å². The average Bonchev–Trinajstić information content (AvgIpc) is 2.52. The lowest BCUT2D eigenvalue weighted by atomic mass is 9.65. The normalized spacial score (nSPS) is 19.4. The second-order valence-electron chi connectivity index (χ2n) is 7.30. The number of pyridine rings is 1. The number of hydrogen-bond acceptors (Lipinski definition) is 3. The molecule has 1 aromatic rings. The maximum Gasteiger partial charge on any atom is 0.422 e. The summed E-state index contributed by atoms with van der Waals surface area (Å²) in [5.74, 6) is 0.681. The van der Waals surface area contributed by atoms with Gasteiger partial charge in [0.2, 0.25) is 5.88 Å². The molecule has 0 unspecified atom stereocenters. The molecule has 140 valence electrons. The lowest BCUT2D eigenvalue weighted by Crippen LogP contribution is -2.72. The van der Waals surface area contributed by atoms with Crippen molar-refractivity contribution in [3.8, 4) is 5.88 Å². The molecule has 0 spiro atoms. The van der Waals surface area contributed by atoms with Crippen LogP contribution in [0.3, 0.4) is 0 Å². The van der Waals surface area contributed by atoms with Gasteiger partial charge >= 0.3 is 6.18 Å². The van der Waals surface area contributed by atoms with Crippen LogP contribution >= 0.6 is 0 Å². The minimum absolute atomic E-state index is 0.0222. The summed E-state index contributed by atoms with van der Waals surface area (Å²) < 4.78 is 41.9. The molecular weight excluding hydrogens is 333 g/mol. The Balaban J connectivity index is 2.04. The molecule has 2 heterocycles. The molecule has 5 nitrogen and oxygen atoms in total. The van der Waals surface area contributed by atoms with Crippen molar-refractivity contribution in [3.63, 3.8) is 0 Å². The smallest absolute Gasteiger partial charge is 0.422 e. The van der Waals surface area contributed by atoms with Crippen molar-refractivity contribution in [1.82, 2.24) is 15.2 Å². The van der Waals surface area contributed by atoms with Gasteiger partial charge in [-0.05, 0) is 19.9 Å². The van der Waals surface area contributed by atoms with E-state index in [0.29, 0.717) is 11.5 Å². The number of nitrogens with zero attached hydrogens (tertiary/aromatic N) is 3. The van der Waals surface area contributed by atoms with Crippen LogP contribution in [0.5, 0.6) is 5.88 Å². The molecule has 0 amide bonds. The second-order valence-corrected chi connectivity index (χ2v) is 7.30. The van der Waals surface area contributed by atoms with E-state index >= 15 is 0 Å². The number of likely N-dealkylation sites (tertiary alicyclic amines) is 1. The van der Waals surface area contributed by atoms with Crippen LogP contribution in [0.25, 0.3) is 0 Å². The van der Waals surface area contributed by atoms with Gasteiger partial charge in [-0.3, -0.25) is 4.99 Å². The maximum atomic E-state index is 12.4. The molecule has 1 aromatic heterocycles. The summed E-state index contributed by atoms with van der Waals surface area (Å²) in [6.45, 7) is 8.45. The predicted molar refractivity (Wildman–Crippen MR) is 90.6 cm³/mol. The average molecular weight is 358 g/mol. The van der Waals surface area contributed by atoms with Gasteiger partial charge in [-0.1, -0.05) is 19.9 Å². The van der Waals surface area contributed by atoms with Crippen molar-refractivity contribution >= 4 is 5.96 Å². The van der Waals surface area contributed by atoms with Gasteiger partial charge in [-0.2, -0.15) is 13.2 Å². The molecule has 0 aliphatic carbocycles. The van der Waals surface area contributed by atoms with E-state index in [1.54, 1.807) is 19.2 Å². The molecule has 1 fully saturated rings. The third-order valence-corrected chi connectivity index (χ3v) is 5.01. The highest BCUT2D eigenvalue weighted by molar-refractivity contribution is 5.82. The second kappa shape index (κ2) is 6.72. The lowest BCUT2D eigenvalue weighted by Gasteiger charge is -2.62. The first kappa shape index (κ1) is 19.3. The van der Waals surface area contributed by atoms with Gasteiger partial charge < -0.3 is 15.0 Å². The van der Waals surface area contributed by atoms with Crippen LogP contribution < -0.4 is 10.1 Å². The number of alkyl halides is 3. The number of rotatable bonds is 4. The summed E-state index contributed by atoms with van der Waals surface area (Å²) in [5, 5.41) is 3.19. The summed E-state index contributed by atoms with van der Waals surface area (Å²) in [6, 6.07) is 3.35. The molecule has 1 aliphatic heterocycles. The van der Waals surface area contributed by atoms with Gasteiger partial charge in [0.05, 0.1) is 0 Å². The molecule has 0 aromatic carbocycles. The summed E-state index contributed by atoms with van der Waals surface area (Å²) in [7, 11) is 1.69. The molecule has 25 heavy (non-hydrogen) atoms. The minimum atomic E-state index is -4.40. The Kier molecular flexibility index (Phi) is 5.20. The number of nitrogens with one attached hydrogen (secondary N) is 1. The Morgan fingerprint density at radius 3 is 2.56 bits per heavy atom. The first-order valence-corrected chi connectivity index (χ1v) is 8.10. The van der Waals surface area contributed by atoms with E-state index in [1.165, 1.54) is 6.20 Å². The van der Waals surface area contributed by atoms with E-state index in [-0.39, 0.29) is 23.4 Å². The third-order valence-electron chi connectivity index (χ3n) is 5.01. The van der Waals surface area contributed by atoms with Crippen LogP contribution in [0.2, 0.25) is 0 Å². The molecule has 0 atom stereocenters. The van der Waals surface area contributed by atoms with Crippen molar-refractivity contribution in [2.75, 3.05) is 20.2 Å². The first-order valence-electron chi connectivity index (χ1n) is 8.10. The molecule has 2 rings (SSSR count). The SMILES string of the molecule is CN=C(NCc1cccnc1OCC(F)(F)F)N1CC(C)(C)C1(C)C. The van der Waals surface area contributed by atoms with Gasteiger partial charge in [-0.25, -0.2) is 4.98 Å². The van der Waals surface area contributed by atoms with E-state index in [0.717, 1.165) is 6.54 Å². The van der Waals surface area contributed by atoms with Crippen LogP contribution in [0, 0.1) is 5.41 Å². The predicted octanol–water partition coefficient (Wildman–Crippen LogP) is 3.22. The van der Waals surface area contributed by atoms with Crippen molar-refractivity contribution in [3.05, 3.63) is 23.9 Å². The van der Waals surface area contributed by atoms with Crippen LogP contribution in [0.1, 0.15) is 33.3 Å². The highest BCUT2D eigenvalue weighted by atomic mass is 19.4. The number of guanidine groups is 1. The Morgan fingerprint density at radius 2 is 2.04 bits per heavy atom. The zero-order chi connectivity index (χ0) is 18.9. The van der Waals surface area contributed by atoms with Gasteiger partial charge in [0.25, 0.3) is 0 Å². The zero-order valence-electron chi connectivity index (χ0n) is 15.2. The quantitative estimate of drug-likeness (QED) is 0.663. The molecule has 0 radical (unpaired) electrons.